The number of allylic oxidation sites excluding steroid dienone is 5. The van der Waals surface area contributed by atoms with Crippen molar-refractivity contribution in [2.75, 3.05) is 0 Å². The van der Waals surface area contributed by atoms with Crippen LogP contribution >= 0.6 is 0 Å². The summed E-state index contributed by atoms with van der Waals surface area (Å²) in [6.45, 7) is 8.94. The molecule has 1 aromatic heterocycles. The van der Waals surface area contributed by atoms with Gasteiger partial charge in [-0.3, -0.25) is 0 Å². The summed E-state index contributed by atoms with van der Waals surface area (Å²) in [5.74, 6) is 2.02. The normalized spacial score (nSPS) is 13.6. The molecule has 8 rings (SSSR count). The van der Waals surface area contributed by atoms with Crippen LogP contribution in [0.15, 0.2) is 141 Å². The van der Waals surface area contributed by atoms with Gasteiger partial charge in [0.1, 0.15) is 0 Å². The van der Waals surface area contributed by atoms with E-state index >= 15 is 0 Å². The molecule has 0 unspecified atom stereocenters. The summed E-state index contributed by atoms with van der Waals surface area (Å²) < 4.78 is 0. The number of aromatic nitrogens is 3. The van der Waals surface area contributed by atoms with Gasteiger partial charge in [-0.05, 0) is 81.0 Å². The van der Waals surface area contributed by atoms with E-state index < -0.39 is 0 Å². The van der Waals surface area contributed by atoms with E-state index in [1.54, 1.807) is 0 Å². The van der Waals surface area contributed by atoms with Gasteiger partial charge >= 0.3 is 0 Å². The van der Waals surface area contributed by atoms with Crippen molar-refractivity contribution in [1.29, 1.82) is 0 Å². The molecule has 0 amide bonds. The Balaban J connectivity index is 1.20. The molecule has 48 heavy (non-hydrogen) atoms. The summed E-state index contributed by atoms with van der Waals surface area (Å²) in [6.07, 6.45) is 17.2. The van der Waals surface area contributed by atoms with Crippen LogP contribution in [-0.4, -0.2) is 15.0 Å². The van der Waals surface area contributed by atoms with Gasteiger partial charge in [-0.2, -0.15) is 0 Å². The number of benzene rings is 5. The monoisotopic (exact) mass is 617 g/mol. The molecular weight excluding hydrogens is 583 g/mol. The lowest BCUT2D eigenvalue weighted by molar-refractivity contribution is 0.987. The maximum atomic E-state index is 4.94. The van der Waals surface area contributed by atoms with Gasteiger partial charge in [0.25, 0.3) is 0 Å². The Bertz CT molecular complexity index is 2300. The minimum atomic E-state index is 0.654. The van der Waals surface area contributed by atoms with Gasteiger partial charge in [0.05, 0.1) is 0 Å². The first-order chi connectivity index (χ1) is 23.7. The second-order valence-electron chi connectivity index (χ2n) is 12.3. The van der Waals surface area contributed by atoms with Crippen molar-refractivity contribution in [3.8, 4) is 33.9 Å². The quantitative estimate of drug-likeness (QED) is 0.179. The van der Waals surface area contributed by atoms with Crippen molar-refractivity contribution in [2.24, 2.45) is 0 Å². The van der Waals surface area contributed by atoms with Gasteiger partial charge in [0.15, 0.2) is 17.5 Å². The van der Waals surface area contributed by atoms with Crippen molar-refractivity contribution in [3.05, 3.63) is 174 Å². The van der Waals surface area contributed by atoms with E-state index in [-0.39, 0.29) is 0 Å². The average Bonchev–Trinajstić information content (AvgIpc) is 3.17. The van der Waals surface area contributed by atoms with Crippen LogP contribution in [0.4, 0.5) is 0 Å². The summed E-state index contributed by atoms with van der Waals surface area (Å²) >= 11 is 0. The number of fused-ring (bicyclic) bond motifs is 3. The molecule has 0 fully saturated rings. The van der Waals surface area contributed by atoms with Crippen LogP contribution in [0.2, 0.25) is 0 Å². The molecule has 2 aliphatic carbocycles. The molecule has 0 saturated heterocycles. The van der Waals surface area contributed by atoms with E-state index in [0.717, 1.165) is 59.1 Å². The lowest BCUT2D eigenvalue weighted by atomic mass is 9.80. The zero-order valence-electron chi connectivity index (χ0n) is 26.9. The van der Waals surface area contributed by atoms with Crippen LogP contribution < -0.4 is 0 Å². The zero-order valence-corrected chi connectivity index (χ0v) is 26.9. The van der Waals surface area contributed by atoms with Gasteiger partial charge in [0, 0.05) is 16.7 Å². The summed E-state index contributed by atoms with van der Waals surface area (Å²) in [5.41, 5.74) is 12.3. The molecule has 0 aliphatic heterocycles. The van der Waals surface area contributed by atoms with E-state index in [4.69, 9.17) is 15.0 Å². The van der Waals surface area contributed by atoms with Crippen LogP contribution in [0.1, 0.15) is 52.9 Å². The maximum absolute atomic E-state index is 4.94. The lowest BCUT2D eigenvalue weighted by Gasteiger charge is -2.23. The Hall–Kier alpha value is -5.93. The topological polar surface area (TPSA) is 38.7 Å². The molecule has 0 radical (unpaired) electrons. The third kappa shape index (κ3) is 5.34. The highest BCUT2D eigenvalue weighted by atomic mass is 15.0. The van der Waals surface area contributed by atoms with Gasteiger partial charge in [-0.25, -0.2) is 15.0 Å². The van der Waals surface area contributed by atoms with Gasteiger partial charge in [-0.15, -0.1) is 0 Å². The fourth-order valence-electron chi connectivity index (χ4n) is 7.01. The molecule has 230 valence electrons. The van der Waals surface area contributed by atoms with Gasteiger partial charge < -0.3 is 0 Å². The summed E-state index contributed by atoms with van der Waals surface area (Å²) in [4.78, 5) is 14.7. The highest BCUT2D eigenvalue weighted by Gasteiger charge is 2.21. The molecule has 6 aromatic rings. The fraction of sp³-hybridized carbons (Fsp3) is 0.0889. The van der Waals surface area contributed by atoms with Gasteiger partial charge in [-0.1, -0.05) is 153 Å². The number of nitrogens with zero attached hydrogens (tertiary/aromatic N) is 3. The molecule has 0 N–H and O–H groups in total. The van der Waals surface area contributed by atoms with Crippen molar-refractivity contribution in [1.82, 2.24) is 15.0 Å². The average molecular weight is 618 g/mol. The Morgan fingerprint density at radius 2 is 1.29 bits per heavy atom. The minimum Gasteiger partial charge on any atom is -0.208 e. The molecular formula is C45H35N3. The Kier molecular flexibility index (Phi) is 7.79. The summed E-state index contributed by atoms with van der Waals surface area (Å²) in [6, 6.07) is 35.9. The molecule has 5 aromatic carbocycles. The van der Waals surface area contributed by atoms with Crippen LogP contribution in [-0.2, 0) is 6.42 Å². The third-order valence-electron chi connectivity index (χ3n) is 9.39. The van der Waals surface area contributed by atoms with Crippen molar-refractivity contribution < 1.29 is 0 Å². The molecule has 0 atom stereocenters. The first-order valence-corrected chi connectivity index (χ1v) is 16.6. The van der Waals surface area contributed by atoms with Crippen LogP contribution in [0.3, 0.4) is 0 Å². The second kappa shape index (κ2) is 12.7. The smallest absolute Gasteiger partial charge is 0.164 e. The number of hydrogen-bond acceptors (Lipinski definition) is 3. The summed E-state index contributed by atoms with van der Waals surface area (Å²) in [7, 11) is 0. The largest absolute Gasteiger partial charge is 0.208 e. The van der Waals surface area contributed by atoms with Crippen molar-refractivity contribution >= 4 is 34.1 Å². The molecule has 1 heterocycles. The molecule has 2 aliphatic rings. The van der Waals surface area contributed by atoms with E-state index in [1.807, 2.05) is 36.4 Å². The van der Waals surface area contributed by atoms with Crippen LogP contribution in [0, 0.1) is 0 Å². The Morgan fingerprint density at radius 1 is 0.625 bits per heavy atom. The number of rotatable bonds is 7. The lowest BCUT2D eigenvalue weighted by Crippen LogP contribution is -2.03. The minimum absolute atomic E-state index is 0.654. The maximum Gasteiger partial charge on any atom is 0.164 e. The first kappa shape index (κ1) is 29.5. The Morgan fingerprint density at radius 3 is 2.04 bits per heavy atom. The van der Waals surface area contributed by atoms with Crippen molar-refractivity contribution in [2.45, 2.75) is 25.7 Å². The van der Waals surface area contributed by atoms with Crippen molar-refractivity contribution in [3.63, 3.8) is 0 Å². The second-order valence-corrected chi connectivity index (χ2v) is 12.3. The molecule has 0 bridgehead atoms. The van der Waals surface area contributed by atoms with Crippen LogP contribution in [0.5, 0.6) is 0 Å². The van der Waals surface area contributed by atoms with E-state index in [9.17, 15) is 0 Å². The molecule has 3 nitrogen and oxygen atoms in total. The Labute approximate surface area is 282 Å². The number of hydrogen-bond donors (Lipinski definition) is 0. The van der Waals surface area contributed by atoms with Gasteiger partial charge in [0.2, 0.25) is 0 Å². The van der Waals surface area contributed by atoms with Crippen LogP contribution in [0.25, 0.3) is 68.0 Å². The SMILES string of the molecule is C=Cc1c2c(c3ccccc3c1-c1ccccc1C(=C)c1ccc(-c3nc(C4=CCCC=C4)nc(-c4ccccc4)n3)cc1)C=CCC2. The molecule has 3 heteroatoms. The van der Waals surface area contributed by atoms with E-state index in [0.29, 0.717) is 17.5 Å². The first-order valence-electron chi connectivity index (χ1n) is 16.6. The fourth-order valence-corrected chi connectivity index (χ4v) is 7.01. The summed E-state index contributed by atoms with van der Waals surface area (Å²) in [5, 5.41) is 2.51. The third-order valence-corrected chi connectivity index (χ3v) is 9.39. The molecule has 0 saturated carbocycles. The predicted octanol–water partition coefficient (Wildman–Crippen LogP) is 11.4. The zero-order chi connectivity index (χ0) is 32.5. The van der Waals surface area contributed by atoms with E-state index in [1.165, 1.54) is 38.6 Å². The highest BCUT2D eigenvalue weighted by Crippen LogP contribution is 2.43. The standard InChI is InChI=1S/C45H35N3/c1-3-35-37-21-11-12-22-38(37)39-23-13-15-25-41(39)42(35)40-24-14-10-20-36(40)30(2)31-26-28-34(29-27-31)45-47-43(32-16-6-4-7-17-32)46-44(48-45)33-18-8-5-9-19-33/h3-4,6-8,10,12-20,22-29H,1-2,5,9,11,21H2. The predicted molar refractivity (Wildman–Crippen MR) is 202 cm³/mol. The highest BCUT2D eigenvalue weighted by molar-refractivity contribution is 6.08. The van der Waals surface area contributed by atoms with E-state index in [2.05, 4.69) is 116 Å². The molecule has 0 spiro atoms.